The average Bonchev–Trinajstić information content (AvgIpc) is 2.81. The van der Waals surface area contributed by atoms with Crippen molar-refractivity contribution in [2.24, 2.45) is 0 Å². The Kier molecular flexibility index (Phi) is 7.84. The molecule has 0 aliphatic rings. The fraction of sp³-hybridized carbons (Fsp3) is 0.217. The van der Waals surface area contributed by atoms with E-state index in [0.717, 1.165) is 12.3 Å². The second kappa shape index (κ2) is 10.3. The summed E-state index contributed by atoms with van der Waals surface area (Å²) >= 11 is -2.77. The van der Waals surface area contributed by atoms with E-state index in [0.29, 0.717) is 4.90 Å². The Morgan fingerprint density at radius 1 is 1.00 bits per heavy atom. The zero-order chi connectivity index (χ0) is 26.8. The number of carbonyl (C=O) groups is 1. The van der Waals surface area contributed by atoms with Crippen LogP contribution >= 0.6 is 0 Å². The molecule has 192 valence electrons. The lowest BCUT2D eigenvalue weighted by molar-refractivity contribution is -0.143. The quantitative estimate of drug-likeness (QED) is 0.295. The van der Waals surface area contributed by atoms with Crippen LogP contribution in [-0.2, 0) is 23.4 Å². The van der Waals surface area contributed by atoms with Gasteiger partial charge in [-0.1, -0.05) is 36.2 Å². The second-order valence-corrected chi connectivity index (χ2v) is 8.98. The van der Waals surface area contributed by atoms with Crippen molar-refractivity contribution < 1.29 is 44.3 Å². The highest BCUT2D eigenvalue weighted by Crippen LogP contribution is 2.38. The first-order valence-electron chi connectivity index (χ1n) is 10.1. The molecule has 2 atom stereocenters. The molecule has 13 heteroatoms. The first kappa shape index (κ1) is 27.3. The van der Waals surface area contributed by atoms with Crippen molar-refractivity contribution in [3.63, 3.8) is 0 Å². The minimum Gasteiger partial charge on any atom is -0.772 e. The van der Waals surface area contributed by atoms with Crippen LogP contribution in [0.3, 0.4) is 0 Å². The molecule has 0 saturated carbocycles. The van der Waals surface area contributed by atoms with E-state index < -0.39 is 63.6 Å². The largest absolute Gasteiger partial charge is 0.772 e. The minimum atomic E-state index is -5.21. The molecule has 1 amide bonds. The molecule has 1 aromatic heterocycles. The molecule has 2 aromatic carbocycles. The summed E-state index contributed by atoms with van der Waals surface area (Å²) in [6.07, 6.45) is -8.15. The predicted octanol–water partition coefficient (Wildman–Crippen LogP) is 5.84. The van der Waals surface area contributed by atoms with Gasteiger partial charge in [0.2, 0.25) is 0 Å². The van der Waals surface area contributed by atoms with Gasteiger partial charge in [0, 0.05) is 34.7 Å². The van der Waals surface area contributed by atoms with Crippen LogP contribution in [0.5, 0.6) is 0 Å². The maximum absolute atomic E-state index is 14.5. The van der Waals surface area contributed by atoms with Crippen molar-refractivity contribution in [3.8, 4) is 11.1 Å². The molecule has 5 nitrogen and oxygen atoms in total. The van der Waals surface area contributed by atoms with E-state index in [1.54, 1.807) is 0 Å². The van der Waals surface area contributed by atoms with Crippen LogP contribution in [0.4, 0.5) is 36.4 Å². The first-order chi connectivity index (χ1) is 16.7. The van der Waals surface area contributed by atoms with Crippen LogP contribution in [0.1, 0.15) is 28.4 Å². The smallest absolute Gasteiger partial charge is 0.416 e. The average molecular weight is 533 g/mol. The minimum absolute atomic E-state index is 0.0170. The number of benzene rings is 2. The van der Waals surface area contributed by atoms with E-state index in [1.165, 1.54) is 37.4 Å². The highest BCUT2D eigenvalue weighted by Gasteiger charge is 2.38. The van der Waals surface area contributed by atoms with Gasteiger partial charge in [0.15, 0.2) is 0 Å². The lowest BCUT2D eigenvalue weighted by Gasteiger charge is -2.29. The summed E-state index contributed by atoms with van der Waals surface area (Å²) in [7, 11) is 0. The van der Waals surface area contributed by atoms with Crippen LogP contribution in [0.2, 0.25) is 0 Å². The zero-order valence-electron chi connectivity index (χ0n) is 18.2. The first-order valence-corrected chi connectivity index (χ1v) is 11.2. The van der Waals surface area contributed by atoms with Gasteiger partial charge < -0.3 is 9.45 Å². The third kappa shape index (κ3) is 6.08. The molecule has 0 radical (unpaired) electrons. The van der Waals surface area contributed by atoms with Crippen LogP contribution in [0.15, 0.2) is 60.9 Å². The van der Waals surface area contributed by atoms with Gasteiger partial charge >= 0.3 is 12.4 Å². The van der Waals surface area contributed by atoms with Gasteiger partial charge in [-0.05, 0) is 30.3 Å². The summed E-state index contributed by atoms with van der Waals surface area (Å²) in [4.78, 5) is 17.9. The lowest BCUT2D eigenvalue weighted by Crippen LogP contribution is -2.39. The Morgan fingerprint density at radius 2 is 1.58 bits per heavy atom. The van der Waals surface area contributed by atoms with Gasteiger partial charge in [0.05, 0.1) is 23.0 Å². The molecular formula is C23H16F7N2O3S-. The van der Waals surface area contributed by atoms with Crippen molar-refractivity contribution in [3.05, 3.63) is 83.4 Å². The number of halogens is 7. The number of rotatable bonds is 6. The van der Waals surface area contributed by atoms with Gasteiger partial charge in [-0.2, -0.15) is 26.3 Å². The molecule has 0 N–H and O–H groups in total. The normalized spacial score (nSPS) is 13.8. The molecule has 0 spiro atoms. The number of amides is 1. The van der Waals surface area contributed by atoms with Crippen LogP contribution in [0, 0.1) is 5.82 Å². The molecule has 1 heterocycles. The number of aromatic nitrogens is 1. The zero-order valence-corrected chi connectivity index (χ0v) is 19.0. The third-order valence-electron chi connectivity index (χ3n) is 5.10. The number of hydrogen-bond donors (Lipinski definition) is 0. The summed E-state index contributed by atoms with van der Waals surface area (Å²) in [6, 6.07) is 6.90. The monoisotopic (exact) mass is 533 g/mol. The van der Waals surface area contributed by atoms with Crippen LogP contribution in [0.25, 0.3) is 11.1 Å². The Hall–Kier alpha value is -3.32. The van der Waals surface area contributed by atoms with Crippen molar-refractivity contribution in [2.75, 3.05) is 11.4 Å². The van der Waals surface area contributed by atoms with Gasteiger partial charge in [0.25, 0.3) is 5.91 Å². The van der Waals surface area contributed by atoms with Crippen molar-refractivity contribution in [2.45, 2.75) is 24.5 Å². The molecule has 3 aromatic rings. The molecule has 0 aliphatic heterocycles. The molecule has 0 fully saturated rings. The number of nitrogens with zero attached hydrogens (tertiary/aromatic N) is 2. The van der Waals surface area contributed by atoms with Gasteiger partial charge in [-0.15, -0.1) is 0 Å². The molecule has 36 heavy (non-hydrogen) atoms. The Morgan fingerprint density at radius 3 is 2.11 bits per heavy atom. The number of anilines is 1. The summed E-state index contributed by atoms with van der Waals surface area (Å²) in [5.74, 6) is -2.11. The van der Waals surface area contributed by atoms with E-state index in [9.17, 15) is 44.3 Å². The topological polar surface area (TPSA) is 73.3 Å². The third-order valence-corrected chi connectivity index (χ3v) is 5.91. The highest BCUT2D eigenvalue weighted by molar-refractivity contribution is 7.79. The van der Waals surface area contributed by atoms with Crippen LogP contribution in [-0.4, -0.2) is 31.4 Å². The molecule has 0 bridgehead atoms. The summed E-state index contributed by atoms with van der Waals surface area (Å²) in [6.45, 7) is 0.509. The van der Waals surface area contributed by atoms with Crippen molar-refractivity contribution in [1.82, 2.24) is 4.98 Å². The fourth-order valence-electron chi connectivity index (χ4n) is 3.35. The Bertz CT molecular complexity index is 1260. The number of carbonyl (C=O) groups excluding carboxylic acids is 1. The van der Waals surface area contributed by atoms with E-state index >= 15 is 0 Å². The summed E-state index contributed by atoms with van der Waals surface area (Å²) in [5, 5.41) is -1.30. The summed E-state index contributed by atoms with van der Waals surface area (Å²) in [5.41, 5.74) is -4.68. The fourth-order valence-corrected chi connectivity index (χ4v) is 3.62. The maximum atomic E-state index is 14.5. The Balaban J connectivity index is 2.24. The van der Waals surface area contributed by atoms with Gasteiger partial charge in [-0.3, -0.25) is 14.0 Å². The molecule has 0 aliphatic carbocycles. The number of hydrogen-bond acceptors (Lipinski definition) is 4. The summed E-state index contributed by atoms with van der Waals surface area (Å²) < 4.78 is 118. The second-order valence-electron chi connectivity index (χ2n) is 7.65. The molecule has 0 saturated heterocycles. The van der Waals surface area contributed by atoms with E-state index in [2.05, 4.69) is 4.98 Å². The highest BCUT2D eigenvalue weighted by atomic mass is 32.2. The molecular weight excluding hydrogens is 517 g/mol. The van der Waals surface area contributed by atoms with Gasteiger partial charge in [-0.25, -0.2) is 4.39 Å². The van der Waals surface area contributed by atoms with Crippen molar-refractivity contribution in [1.29, 1.82) is 0 Å². The molecule has 3 rings (SSSR count). The van der Waals surface area contributed by atoms with E-state index in [1.807, 2.05) is 0 Å². The van der Waals surface area contributed by atoms with E-state index in [4.69, 9.17) is 0 Å². The SMILES string of the molecule is CC(CN(C(=O)c1cc(C(F)(F)F)cc(C(F)(F)F)c1)c1cnccc1-c1ccccc1F)S(=O)[O-]. The standard InChI is InChI=1S/C23H17F7N2O3S/c1-13(36(34)35)12-32(20-11-31-7-6-18(20)17-4-2-3-5-19(17)24)21(33)14-8-15(22(25,26)27)10-16(9-14)23(28,29)30/h2-11,13H,12H2,1H3,(H,34,35)/p-1. The Labute approximate surface area is 202 Å². The van der Waals surface area contributed by atoms with Crippen LogP contribution < -0.4 is 4.90 Å². The van der Waals surface area contributed by atoms with Gasteiger partial charge in [0.1, 0.15) is 5.82 Å². The number of pyridine rings is 1. The predicted molar refractivity (Wildman–Crippen MR) is 116 cm³/mol. The number of alkyl halides is 6. The van der Waals surface area contributed by atoms with Crippen molar-refractivity contribution >= 4 is 22.7 Å². The maximum Gasteiger partial charge on any atom is 0.416 e. The van der Waals surface area contributed by atoms with E-state index in [-0.39, 0.29) is 35.0 Å². The molecule has 2 unspecified atom stereocenters. The lowest BCUT2D eigenvalue weighted by atomic mass is 10.0.